The van der Waals surface area contributed by atoms with Gasteiger partial charge in [-0.05, 0) is 92.4 Å². The van der Waals surface area contributed by atoms with Crippen molar-refractivity contribution >= 4 is 16.9 Å². The van der Waals surface area contributed by atoms with Crippen LogP contribution in [0.25, 0.3) is 11.0 Å². The van der Waals surface area contributed by atoms with Crippen LogP contribution in [0.1, 0.15) is 46.9 Å². The van der Waals surface area contributed by atoms with Crippen molar-refractivity contribution in [3.63, 3.8) is 0 Å². The molecule has 0 radical (unpaired) electrons. The number of methoxy groups -OCH3 is 2. The molecule has 1 aromatic heterocycles. The number of fused-ring (bicyclic) bond motifs is 2. The van der Waals surface area contributed by atoms with Gasteiger partial charge in [0.05, 0.1) is 26.4 Å². The Morgan fingerprint density at radius 2 is 1.68 bits per heavy atom. The van der Waals surface area contributed by atoms with E-state index in [4.69, 9.17) is 23.4 Å². The van der Waals surface area contributed by atoms with Crippen LogP contribution in [-0.4, -0.2) is 44.3 Å². The average molecular weight is 544 g/mol. The minimum absolute atomic E-state index is 0.0423. The number of rotatable bonds is 8. The quantitative estimate of drug-likeness (QED) is 0.263. The Balaban J connectivity index is 1.48. The third-order valence-electron chi connectivity index (χ3n) is 7.07. The van der Waals surface area contributed by atoms with E-state index in [0.717, 1.165) is 22.1 Å². The summed E-state index contributed by atoms with van der Waals surface area (Å²) in [6.07, 6.45) is 0.702. The van der Waals surface area contributed by atoms with Gasteiger partial charge in [-0.1, -0.05) is 0 Å². The minimum atomic E-state index is -0.411. The van der Waals surface area contributed by atoms with Crippen molar-refractivity contribution in [2.45, 2.75) is 39.3 Å². The molecule has 0 aliphatic carbocycles. The number of hydrogen-bond donors (Lipinski definition) is 0. The van der Waals surface area contributed by atoms with Gasteiger partial charge in [-0.15, -0.1) is 0 Å². The van der Waals surface area contributed by atoms with E-state index < -0.39 is 11.7 Å². The molecule has 0 fully saturated rings. The van der Waals surface area contributed by atoms with Crippen LogP contribution in [0, 0.1) is 6.92 Å². The normalized spacial score (nSPS) is 14.7. The second-order valence-electron chi connectivity index (χ2n) is 10.1. The lowest BCUT2D eigenvalue weighted by Gasteiger charge is -2.37. The van der Waals surface area contributed by atoms with E-state index in [1.807, 2.05) is 62.1 Å². The average Bonchev–Trinajstić information content (AvgIpc) is 2.94. The summed E-state index contributed by atoms with van der Waals surface area (Å²) in [5.41, 5.74) is 3.44. The van der Waals surface area contributed by atoms with E-state index in [1.165, 1.54) is 6.07 Å². The van der Waals surface area contributed by atoms with Gasteiger partial charge in [0.15, 0.2) is 11.5 Å². The fourth-order valence-corrected chi connectivity index (χ4v) is 5.14. The molecule has 5 rings (SSSR count). The summed E-state index contributed by atoms with van der Waals surface area (Å²) < 4.78 is 28.5. The van der Waals surface area contributed by atoms with E-state index in [2.05, 4.69) is 0 Å². The Hall–Kier alpha value is -4.46. The van der Waals surface area contributed by atoms with Crippen LogP contribution in [-0.2, 0) is 6.42 Å². The van der Waals surface area contributed by atoms with E-state index >= 15 is 0 Å². The molecule has 8 nitrogen and oxygen atoms in total. The molecule has 1 unspecified atom stereocenters. The second-order valence-corrected chi connectivity index (χ2v) is 10.1. The Kier molecular flexibility index (Phi) is 7.69. The maximum atomic E-state index is 13.8. The first-order valence-corrected chi connectivity index (χ1v) is 13.3. The number of carbonyl (C=O) groups excluding carboxylic acids is 1. The van der Waals surface area contributed by atoms with Crippen molar-refractivity contribution in [1.29, 1.82) is 0 Å². The van der Waals surface area contributed by atoms with E-state index in [9.17, 15) is 9.59 Å². The number of hydrogen-bond acceptors (Lipinski definition) is 7. The fourth-order valence-electron chi connectivity index (χ4n) is 5.14. The molecule has 0 spiro atoms. The summed E-state index contributed by atoms with van der Waals surface area (Å²) in [5, 5.41) is 0.841. The third-order valence-corrected chi connectivity index (χ3v) is 7.07. The van der Waals surface area contributed by atoms with Crippen molar-refractivity contribution in [2.75, 3.05) is 27.4 Å². The molecule has 4 aromatic rings. The molecule has 2 heterocycles. The van der Waals surface area contributed by atoms with Crippen LogP contribution in [0.4, 0.5) is 0 Å². The van der Waals surface area contributed by atoms with Crippen molar-refractivity contribution in [3.05, 3.63) is 93.3 Å². The highest BCUT2D eigenvalue weighted by Gasteiger charge is 2.33. The van der Waals surface area contributed by atoms with Gasteiger partial charge in [0, 0.05) is 29.6 Å². The van der Waals surface area contributed by atoms with Crippen LogP contribution >= 0.6 is 0 Å². The van der Waals surface area contributed by atoms with Gasteiger partial charge in [0.25, 0.3) is 5.91 Å². The summed E-state index contributed by atoms with van der Waals surface area (Å²) >= 11 is 0. The van der Waals surface area contributed by atoms with E-state index in [1.54, 1.807) is 32.4 Å². The SMILES string of the molecule is COc1cc2c(cc1OC)C(COc1ccc3c(C)cc(=O)oc3c1)N(C(=O)c1ccc(OC(C)C)cc1)CC2. The lowest BCUT2D eigenvalue weighted by molar-refractivity contribution is 0.0589. The maximum absolute atomic E-state index is 13.8. The van der Waals surface area contributed by atoms with Gasteiger partial charge in [-0.3, -0.25) is 4.79 Å². The molecular formula is C32H33NO7. The van der Waals surface area contributed by atoms with Crippen molar-refractivity contribution in [3.8, 4) is 23.0 Å². The number of ether oxygens (including phenoxy) is 4. The molecule has 1 amide bonds. The highest BCUT2D eigenvalue weighted by atomic mass is 16.5. The van der Waals surface area contributed by atoms with Gasteiger partial charge >= 0.3 is 5.63 Å². The summed E-state index contributed by atoms with van der Waals surface area (Å²) in [5.74, 6) is 2.37. The molecule has 1 atom stereocenters. The number of aryl methyl sites for hydroxylation is 1. The predicted molar refractivity (Wildman–Crippen MR) is 152 cm³/mol. The van der Waals surface area contributed by atoms with Crippen LogP contribution in [0.5, 0.6) is 23.0 Å². The zero-order valence-corrected chi connectivity index (χ0v) is 23.4. The van der Waals surface area contributed by atoms with E-state index in [-0.39, 0.29) is 18.6 Å². The Morgan fingerprint density at radius 1 is 0.975 bits per heavy atom. The van der Waals surface area contributed by atoms with Crippen molar-refractivity contribution in [1.82, 2.24) is 4.90 Å². The second kappa shape index (κ2) is 11.3. The highest BCUT2D eigenvalue weighted by Crippen LogP contribution is 2.39. The summed E-state index contributed by atoms with van der Waals surface area (Å²) in [4.78, 5) is 27.6. The van der Waals surface area contributed by atoms with Gasteiger partial charge in [-0.25, -0.2) is 4.79 Å². The molecule has 0 saturated heterocycles. The first kappa shape index (κ1) is 27.1. The van der Waals surface area contributed by atoms with Crippen LogP contribution in [0.15, 0.2) is 69.9 Å². The Bertz CT molecular complexity index is 1590. The monoisotopic (exact) mass is 543 g/mol. The van der Waals surface area contributed by atoms with Crippen molar-refractivity contribution in [2.24, 2.45) is 0 Å². The Morgan fingerprint density at radius 3 is 2.38 bits per heavy atom. The molecule has 3 aromatic carbocycles. The van der Waals surface area contributed by atoms with Gasteiger partial charge < -0.3 is 28.3 Å². The van der Waals surface area contributed by atoms with Crippen LogP contribution < -0.4 is 24.6 Å². The molecule has 0 bridgehead atoms. The lowest BCUT2D eigenvalue weighted by atomic mass is 9.91. The number of nitrogens with zero attached hydrogens (tertiary/aromatic N) is 1. The highest BCUT2D eigenvalue weighted by molar-refractivity contribution is 5.95. The van der Waals surface area contributed by atoms with E-state index in [0.29, 0.717) is 47.1 Å². The van der Waals surface area contributed by atoms with Crippen LogP contribution in [0.2, 0.25) is 0 Å². The molecule has 1 aliphatic rings. The molecule has 0 saturated carbocycles. The molecule has 8 heteroatoms. The zero-order valence-electron chi connectivity index (χ0n) is 23.4. The summed E-state index contributed by atoms with van der Waals surface area (Å²) in [6, 6.07) is 17.6. The summed E-state index contributed by atoms with van der Waals surface area (Å²) in [6.45, 7) is 6.48. The number of amides is 1. The van der Waals surface area contributed by atoms with Gasteiger partial charge in [0.2, 0.25) is 0 Å². The fraction of sp³-hybridized carbons (Fsp3) is 0.312. The molecule has 208 valence electrons. The first-order chi connectivity index (χ1) is 19.3. The van der Waals surface area contributed by atoms with Crippen molar-refractivity contribution < 1.29 is 28.2 Å². The standard InChI is InChI=1S/C32H33NO7/c1-19(2)39-23-8-6-21(7-9-23)32(35)33-13-12-22-15-29(36-4)30(37-5)17-26(22)27(33)18-38-24-10-11-25-20(3)14-31(34)40-28(25)16-24/h6-11,14-17,19,27H,12-13,18H2,1-5H3. The van der Waals surface area contributed by atoms with Gasteiger partial charge in [-0.2, -0.15) is 0 Å². The molecule has 0 N–H and O–H groups in total. The number of carbonyl (C=O) groups is 1. The minimum Gasteiger partial charge on any atom is -0.493 e. The lowest BCUT2D eigenvalue weighted by Crippen LogP contribution is -2.42. The molecule has 1 aliphatic heterocycles. The smallest absolute Gasteiger partial charge is 0.336 e. The number of benzene rings is 3. The molecule has 40 heavy (non-hydrogen) atoms. The summed E-state index contributed by atoms with van der Waals surface area (Å²) in [7, 11) is 3.20. The topological polar surface area (TPSA) is 87.4 Å². The first-order valence-electron chi connectivity index (χ1n) is 13.3. The zero-order chi connectivity index (χ0) is 28.4. The third kappa shape index (κ3) is 5.47. The maximum Gasteiger partial charge on any atom is 0.336 e. The molecular weight excluding hydrogens is 510 g/mol. The largest absolute Gasteiger partial charge is 0.493 e. The predicted octanol–water partition coefficient (Wildman–Crippen LogP) is 5.72. The Labute approximate surface area is 233 Å². The van der Waals surface area contributed by atoms with Crippen LogP contribution in [0.3, 0.4) is 0 Å². The van der Waals surface area contributed by atoms with Gasteiger partial charge in [0.1, 0.15) is 23.7 Å².